The third kappa shape index (κ3) is 5.15. The lowest BCUT2D eigenvalue weighted by molar-refractivity contribution is 0.254. The zero-order chi connectivity index (χ0) is 19.3. The quantitative estimate of drug-likeness (QED) is 0.698. The van der Waals surface area contributed by atoms with Gasteiger partial charge in [0.1, 0.15) is 0 Å². The summed E-state index contributed by atoms with van der Waals surface area (Å²) in [6.45, 7) is 4.31. The molecule has 0 N–H and O–H groups in total. The SMILES string of the molecule is Cc1ccc(S(=O)(=O)N2CCC[C@H]2CN(C)CCCc2cccnc2)cc1. The van der Waals surface area contributed by atoms with Crippen LogP contribution in [0.4, 0.5) is 0 Å². The number of likely N-dealkylation sites (N-methyl/N-ethyl adjacent to an activating group) is 1. The van der Waals surface area contributed by atoms with Gasteiger partial charge < -0.3 is 4.90 Å². The molecule has 1 aromatic heterocycles. The number of rotatable bonds is 8. The van der Waals surface area contributed by atoms with E-state index in [9.17, 15) is 8.42 Å². The van der Waals surface area contributed by atoms with Crippen LogP contribution in [0.2, 0.25) is 0 Å². The highest BCUT2D eigenvalue weighted by Crippen LogP contribution is 2.26. The lowest BCUT2D eigenvalue weighted by Gasteiger charge is -2.28. The average molecular weight is 388 g/mol. The predicted octanol–water partition coefficient (Wildman–Crippen LogP) is 3.11. The molecule has 146 valence electrons. The standard InChI is InChI=1S/C21H29N3O2S/c1-18-9-11-21(12-10-18)27(25,26)24-15-5-8-20(24)17-23(2)14-4-7-19-6-3-13-22-16-19/h3,6,9-13,16,20H,4-5,7-8,14-15,17H2,1-2H3/t20-/m0/s1. The van der Waals surface area contributed by atoms with Crippen LogP contribution in [0.15, 0.2) is 53.7 Å². The highest BCUT2D eigenvalue weighted by Gasteiger charge is 2.35. The highest BCUT2D eigenvalue weighted by molar-refractivity contribution is 7.89. The normalized spacial score (nSPS) is 18.3. The maximum absolute atomic E-state index is 13.0. The summed E-state index contributed by atoms with van der Waals surface area (Å²) in [6.07, 6.45) is 7.59. The van der Waals surface area contributed by atoms with Gasteiger partial charge in [0.15, 0.2) is 0 Å². The molecule has 0 amide bonds. The third-order valence-corrected chi connectivity index (χ3v) is 7.17. The molecule has 0 spiro atoms. The number of benzene rings is 1. The van der Waals surface area contributed by atoms with Gasteiger partial charge in [-0.25, -0.2) is 8.42 Å². The van der Waals surface area contributed by atoms with Crippen LogP contribution in [0.1, 0.15) is 30.4 Å². The number of aromatic nitrogens is 1. The Bertz CT molecular complexity index is 822. The summed E-state index contributed by atoms with van der Waals surface area (Å²) in [4.78, 5) is 6.81. The molecule has 3 rings (SSSR count). The number of sulfonamides is 1. The van der Waals surface area contributed by atoms with Crippen LogP contribution >= 0.6 is 0 Å². The summed E-state index contributed by atoms with van der Waals surface area (Å²) < 4.78 is 27.8. The van der Waals surface area contributed by atoms with Crippen LogP contribution < -0.4 is 0 Å². The van der Waals surface area contributed by atoms with Crippen molar-refractivity contribution in [3.05, 3.63) is 59.9 Å². The summed E-state index contributed by atoms with van der Waals surface area (Å²) in [5.74, 6) is 0. The maximum Gasteiger partial charge on any atom is 0.243 e. The Morgan fingerprint density at radius 3 is 2.70 bits per heavy atom. The molecule has 1 aromatic carbocycles. The van der Waals surface area contributed by atoms with Crippen LogP contribution in [-0.2, 0) is 16.4 Å². The van der Waals surface area contributed by atoms with Crippen molar-refractivity contribution >= 4 is 10.0 Å². The number of pyridine rings is 1. The number of hydrogen-bond donors (Lipinski definition) is 0. The first kappa shape index (κ1) is 20.0. The molecule has 1 saturated heterocycles. The molecule has 1 aliphatic heterocycles. The van der Waals surface area contributed by atoms with E-state index in [1.165, 1.54) is 5.56 Å². The molecular formula is C21H29N3O2S. The van der Waals surface area contributed by atoms with Crippen molar-refractivity contribution in [2.24, 2.45) is 0 Å². The van der Waals surface area contributed by atoms with Crippen LogP contribution in [0.5, 0.6) is 0 Å². The van der Waals surface area contributed by atoms with E-state index in [1.807, 2.05) is 31.3 Å². The van der Waals surface area contributed by atoms with Crippen molar-refractivity contribution in [1.82, 2.24) is 14.2 Å². The molecular weight excluding hydrogens is 358 g/mol. The van der Waals surface area contributed by atoms with Crippen molar-refractivity contribution in [1.29, 1.82) is 0 Å². The second kappa shape index (κ2) is 8.95. The van der Waals surface area contributed by atoms with E-state index in [-0.39, 0.29) is 6.04 Å². The van der Waals surface area contributed by atoms with Crippen LogP contribution in [-0.4, -0.2) is 55.3 Å². The zero-order valence-electron chi connectivity index (χ0n) is 16.2. The van der Waals surface area contributed by atoms with E-state index < -0.39 is 10.0 Å². The highest BCUT2D eigenvalue weighted by atomic mass is 32.2. The summed E-state index contributed by atoms with van der Waals surface area (Å²) in [5.41, 5.74) is 2.32. The minimum absolute atomic E-state index is 0.0553. The van der Waals surface area contributed by atoms with Crippen molar-refractivity contribution in [2.75, 3.05) is 26.7 Å². The first-order valence-electron chi connectivity index (χ1n) is 9.63. The molecule has 1 fully saturated rings. The van der Waals surface area contributed by atoms with Gasteiger partial charge in [-0.3, -0.25) is 4.98 Å². The molecule has 0 saturated carbocycles. The Hall–Kier alpha value is -1.76. The van der Waals surface area contributed by atoms with Crippen molar-refractivity contribution in [3.8, 4) is 0 Å². The molecule has 1 atom stereocenters. The molecule has 2 heterocycles. The largest absolute Gasteiger partial charge is 0.305 e. The Kier molecular flexibility index (Phi) is 6.63. The van der Waals surface area contributed by atoms with Gasteiger partial charge in [-0.15, -0.1) is 0 Å². The summed E-state index contributed by atoms with van der Waals surface area (Å²) in [6, 6.07) is 11.3. The topological polar surface area (TPSA) is 53.5 Å². The molecule has 0 aliphatic carbocycles. The van der Waals surface area contributed by atoms with Crippen LogP contribution in [0, 0.1) is 6.92 Å². The van der Waals surface area contributed by atoms with E-state index in [2.05, 4.69) is 23.0 Å². The van der Waals surface area contributed by atoms with Crippen LogP contribution in [0.3, 0.4) is 0 Å². The number of nitrogens with zero attached hydrogens (tertiary/aromatic N) is 3. The summed E-state index contributed by atoms with van der Waals surface area (Å²) >= 11 is 0. The molecule has 1 aliphatic rings. The first-order valence-corrected chi connectivity index (χ1v) is 11.1. The Labute approximate surface area is 163 Å². The average Bonchev–Trinajstić information content (AvgIpc) is 3.12. The zero-order valence-corrected chi connectivity index (χ0v) is 17.0. The van der Waals surface area contributed by atoms with E-state index in [0.717, 1.165) is 44.3 Å². The van der Waals surface area contributed by atoms with Crippen molar-refractivity contribution in [3.63, 3.8) is 0 Å². The minimum atomic E-state index is -3.42. The third-order valence-electron chi connectivity index (χ3n) is 5.20. The van der Waals surface area contributed by atoms with Crippen molar-refractivity contribution < 1.29 is 8.42 Å². The number of hydrogen-bond acceptors (Lipinski definition) is 4. The monoisotopic (exact) mass is 387 g/mol. The predicted molar refractivity (Wildman–Crippen MR) is 108 cm³/mol. The van der Waals surface area contributed by atoms with E-state index in [4.69, 9.17) is 0 Å². The van der Waals surface area contributed by atoms with Crippen molar-refractivity contribution in [2.45, 2.75) is 43.5 Å². The molecule has 27 heavy (non-hydrogen) atoms. The van der Waals surface area contributed by atoms with Gasteiger partial charge in [0.05, 0.1) is 4.90 Å². The van der Waals surface area contributed by atoms with Gasteiger partial charge in [-0.2, -0.15) is 4.31 Å². The summed E-state index contributed by atoms with van der Waals surface area (Å²) in [7, 11) is -1.33. The lowest BCUT2D eigenvalue weighted by Crippen LogP contribution is -2.42. The molecule has 6 heteroatoms. The maximum atomic E-state index is 13.0. The van der Waals surface area contributed by atoms with Gasteiger partial charge >= 0.3 is 0 Å². The molecule has 0 unspecified atom stereocenters. The van der Waals surface area contributed by atoms with Gasteiger partial charge in [0.25, 0.3) is 0 Å². The van der Waals surface area contributed by atoms with Gasteiger partial charge in [-0.05, 0) is 70.0 Å². The smallest absolute Gasteiger partial charge is 0.243 e. The van der Waals surface area contributed by atoms with E-state index >= 15 is 0 Å². The fourth-order valence-electron chi connectivity index (χ4n) is 3.70. The Balaban J connectivity index is 1.56. The van der Waals surface area contributed by atoms with E-state index in [1.54, 1.807) is 22.6 Å². The molecule has 5 nitrogen and oxygen atoms in total. The molecule has 2 aromatic rings. The van der Waals surface area contributed by atoms with E-state index in [0.29, 0.717) is 11.4 Å². The molecule has 0 bridgehead atoms. The first-order chi connectivity index (χ1) is 13.0. The Morgan fingerprint density at radius 2 is 2.00 bits per heavy atom. The fraction of sp³-hybridized carbons (Fsp3) is 0.476. The number of aryl methyl sites for hydroxylation is 2. The van der Waals surface area contributed by atoms with Gasteiger partial charge in [0.2, 0.25) is 10.0 Å². The second-order valence-corrected chi connectivity index (χ2v) is 9.34. The summed E-state index contributed by atoms with van der Waals surface area (Å²) in [5, 5.41) is 0. The molecule has 0 radical (unpaired) electrons. The van der Waals surface area contributed by atoms with Crippen LogP contribution in [0.25, 0.3) is 0 Å². The second-order valence-electron chi connectivity index (χ2n) is 7.45. The van der Waals surface area contributed by atoms with Gasteiger partial charge in [-0.1, -0.05) is 23.8 Å². The lowest BCUT2D eigenvalue weighted by atomic mass is 10.1. The minimum Gasteiger partial charge on any atom is -0.305 e. The fourth-order valence-corrected chi connectivity index (χ4v) is 5.39. The van der Waals surface area contributed by atoms with Gasteiger partial charge in [0, 0.05) is 31.5 Å². The Morgan fingerprint density at radius 1 is 1.22 bits per heavy atom.